The molecule has 0 spiro atoms. The molecule has 3 N–H and O–H groups in total. The van der Waals surface area contributed by atoms with E-state index >= 15 is 0 Å². The van der Waals surface area contributed by atoms with Crippen molar-refractivity contribution in [2.75, 3.05) is 5.73 Å². The molecule has 1 aromatic carbocycles. The Balaban J connectivity index is 2.46. The number of ether oxygens (including phenoxy) is 1. The minimum atomic E-state index is -1.30. The van der Waals surface area contributed by atoms with Crippen LogP contribution in [0.4, 0.5) is 10.5 Å². The molecular formula is C9H7NO3S. The van der Waals surface area contributed by atoms with Gasteiger partial charge in [-0.15, -0.1) is 0 Å². The van der Waals surface area contributed by atoms with E-state index < -0.39 is 6.16 Å². The van der Waals surface area contributed by atoms with Gasteiger partial charge in [-0.2, -0.15) is 0 Å². The predicted molar refractivity (Wildman–Crippen MR) is 54.9 cm³/mol. The van der Waals surface area contributed by atoms with Crippen LogP contribution < -0.4 is 10.5 Å². The smallest absolute Gasteiger partial charge is 0.449 e. The van der Waals surface area contributed by atoms with Gasteiger partial charge in [-0.25, -0.2) is 4.79 Å². The van der Waals surface area contributed by atoms with E-state index in [1.165, 1.54) is 11.3 Å². The summed E-state index contributed by atoms with van der Waals surface area (Å²) in [7, 11) is 0. The summed E-state index contributed by atoms with van der Waals surface area (Å²) in [6, 6.07) is 7.04. The number of nitrogens with two attached hydrogens (primary N) is 1. The Morgan fingerprint density at radius 1 is 1.43 bits per heavy atom. The molecule has 2 rings (SSSR count). The van der Waals surface area contributed by atoms with Gasteiger partial charge in [0, 0.05) is 16.5 Å². The minimum Gasteiger partial charge on any atom is -0.449 e. The van der Waals surface area contributed by atoms with Gasteiger partial charge < -0.3 is 15.6 Å². The second-order valence-corrected chi connectivity index (χ2v) is 3.78. The Hall–Kier alpha value is -1.75. The molecular weight excluding hydrogens is 202 g/mol. The van der Waals surface area contributed by atoms with Crippen LogP contribution in [0.1, 0.15) is 0 Å². The molecule has 0 saturated heterocycles. The third kappa shape index (κ3) is 1.62. The number of benzene rings is 1. The molecule has 0 saturated carbocycles. The molecule has 5 heteroatoms. The van der Waals surface area contributed by atoms with Gasteiger partial charge in [0.2, 0.25) is 0 Å². The highest BCUT2D eigenvalue weighted by atomic mass is 32.1. The zero-order valence-electron chi connectivity index (χ0n) is 7.06. The van der Waals surface area contributed by atoms with E-state index in [1.54, 1.807) is 18.2 Å². The van der Waals surface area contributed by atoms with Crippen molar-refractivity contribution in [2.45, 2.75) is 0 Å². The van der Waals surface area contributed by atoms with E-state index in [2.05, 4.69) is 4.74 Å². The van der Waals surface area contributed by atoms with Crippen molar-refractivity contribution in [1.29, 1.82) is 0 Å². The summed E-state index contributed by atoms with van der Waals surface area (Å²) in [5.41, 5.74) is 6.23. The van der Waals surface area contributed by atoms with Gasteiger partial charge in [-0.05, 0) is 23.6 Å². The van der Waals surface area contributed by atoms with Crippen LogP contribution in [0.15, 0.2) is 24.3 Å². The van der Waals surface area contributed by atoms with Crippen molar-refractivity contribution < 1.29 is 14.6 Å². The van der Waals surface area contributed by atoms with Crippen LogP contribution in [0, 0.1) is 0 Å². The van der Waals surface area contributed by atoms with Crippen LogP contribution in [0.25, 0.3) is 10.1 Å². The lowest BCUT2D eigenvalue weighted by Crippen LogP contribution is -2.00. The van der Waals surface area contributed by atoms with E-state index in [4.69, 9.17) is 10.8 Å². The Morgan fingerprint density at radius 3 is 2.93 bits per heavy atom. The molecule has 0 fully saturated rings. The molecule has 14 heavy (non-hydrogen) atoms. The van der Waals surface area contributed by atoms with Gasteiger partial charge in [0.15, 0.2) is 5.06 Å². The molecule has 0 aliphatic rings. The van der Waals surface area contributed by atoms with Crippen LogP contribution in [0.2, 0.25) is 0 Å². The summed E-state index contributed by atoms with van der Waals surface area (Å²) in [4.78, 5) is 10.3. The van der Waals surface area contributed by atoms with E-state index in [9.17, 15) is 4.79 Å². The summed E-state index contributed by atoms with van der Waals surface area (Å²) in [6.07, 6.45) is -1.30. The van der Waals surface area contributed by atoms with Crippen LogP contribution in [0.5, 0.6) is 5.06 Å². The molecule has 0 aliphatic heterocycles. The van der Waals surface area contributed by atoms with Gasteiger partial charge in [0.1, 0.15) is 0 Å². The van der Waals surface area contributed by atoms with Crippen molar-refractivity contribution in [3.63, 3.8) is 0 Å². The number of thiophene rings is 1. The molecule has 4 nitrogen and oxygen atoms in total. The number of anilines is 1. The number of rotatable bonds is 1. The first kappa shape index (κ1) is 8.83. The van der Waals surface area contributed by atoms with Crippen molar-refractivity contribution in [3.8, 4) is 5.06 Å². The maximum atomic E-state index is 10.3. The Bertz CT molecular complexity index is 492. The van der Waals surface area contributed by atoms with Crippen LogP contribution >= 0.6 is 11.3 Å². The minimum absolute atomic E-state index is 0.359. The summed E-state index contributed by atoms with van der Waals surface area (Å²) >= 11 is 1.28. The Morgan fingerprint density at radius 2 is 2.21 bits per heavy atom. The lowest BCUT2D eigenvalue weighted by molar-refractivity contribution is 0.146. The Labute approximate surface area is 83.5 Å². The second kappa shape index (κ2) is 3.19. The van der Waals surface area contributed by atoms with Crippen LogP contribution in [-0.4, -0.2) is 11.3 Å². The zero-order chi connectivity index (χ0) is 10.1. The standard InChI is InChI=1S/C9H7NO3S/c10-6-1-2-7-5(3-6)4-8(14-7)13-9(11)12/h1-4H,10H2,(H,11,12). The summed E-state index contributed by atoms with van der Waals surface area (Å²) in [6.45, 7) is 0. The fourth-order valence-corrected chi connectivity index (χ4v) is 2.06. The van der Waals surface area contributed by atoms with Gasteiger partial charge in [0.25, 0.3) is 0 Å². The SMILES string of the molecule is Nc1ccc2sc(OC(=O)O)cc2c1. The molecule has 2 aromatic rings. The lowest BCUT2D eigenvalue weighted by atomic mass is 10.2. The highest BCUT2D eigenvalue weighted by molar-refractivity contribution is 7.20. The van der Waals surface area contributed by atoms with Crippen molar-refractivity contribution in [3.05, 3.63) is 24.3 Å². The molecule has 0 atom stereocenters. The van der Waals surface area contributed by atoms with E-state index in [1.807, 2.05) is 6.07 Å². The first-order valence-corrected chi connectivity index (χ1v) is 4.66. The predicted octanol–water partition coefficient (Wildman–Crippen LogP) is 2.54. The highest BCUT2D eigenvalue weighted by Crippen LogP contribution is 2.32. The number of carboxylic acid groups (broad SMARTS) is 1. The normalized spacial score (nSPS) is 10.3. The second-order valence-electron chi connectivity index (χ2n) is 2.73. The first-order valence-electron chi connectivity index (χ1n) is 3.85. The van der Waals surface area contributed by atoms with Gasteiger partial charge in [-0.3, -0.25) is 0 Å². The van der Waals surface area contributed by atoms with E-state index in [0.29, 0.717) is 10.8 Å². The van der Waals surface area contributed by atoms with Crippen molar-refractivity contribution in [2.24, 2.45) is 0 Å². The largest absolute Gasteiger partial charge is 0.512 e. The topological polar surface area (TPSA) is 72.5 Å². The molecule has 0 radical (unpaired) electrons. The van der Waals surface area contributed by atoms with Gasteiger partial charge in [-0.1, -0.05) is 11.3 Å². The number of hydrogen-bond donors (Lipinski definition) is 2. The average molecular weight is 209 g/mol. The highest BCUT2D eigenvalue weighted by Gasteiger charge is 2.06. The molecule has 72 valence electrons. The number of nitrogen functional groups attached to an aromatic ring is 1. The monoisotopic (exact) mass is 209 g/mol. The fraction of sp³-hybridized carbons (Fsp3) is 0. The fourth-order valence-electron chi connectivity index (χ4n) is 1.17. The molecule has 1 heterocycles. The quantitative estimate of drug-likeness (QED) is 0.559. The van der Waals surface area contributed by atoms with Crippen molar-refractivity contribution >= 4 is 33.3 Å². The third-order valence-electron chi connectivity index (χ3n) is 1.71. The van der Waals surface area contributed by atoms with Crippen LogP contribution in [-0.2, 0) is 0 Å². The molecule has 0 unspecified atom stereocenters. The average Bonchev–Trinajstić information content (AvgIpc) is 2.44. The number of hydrogen-bond acceptors (Lipinski definition) is 4. The van der Waals surface area contributed by atoms with Crippen LogP contribution in [0.3, 0.4) is 0 Å². The molecule has 0 amide bonds. The maximum absolute atomic E-state index is 10.3. The lowest BCUT2D eigenvalue weighted by Gasteiger charge is -1.90. The Kier molecular flexibility index (Phi) is 2.01. The van der Waals surface area contributed by atoms with Gasteiger partial charge in [0.05, 0.1) is 0 Å². The third-order valence-corrected chi connectivity index (χ3v) is 2.70. The summed E-state index contributed by atoms with van der Waals surface area (Å²) in [5.74, 6) is 0. The maximum Gasteiger partial charge on any atom is 0.512 e. The first-order chi connectivity index (χ1) is 6.65. The molecule has 0 aliphatic carbocycles. The van der Waals surface area contributed by atoms with Crippen molar-refractivity contribution in [1.82, 2.24) is 0 Å². The van der Waals surface area contributed by atoms with E-state index in [-0.39, 0.29) is 0 Å². The zero-order valence-corrected chi connectivity index (χ0v) is 7.88. The number of carbonyl (C=O) groups is 1. The molecule has 0 bridgehead atoms. The summed E-state index contributed by atoms with van der Waals surface area (Å²) < 4.78 is 5.49. The number of fused-ring (bicyclic) bond motifs is 1. The molecule has 1 aromatic heterocycles. The summed E-state index contributed by atoms with van der Waals surface area (Å²) in [5, 5.41) is 9.66. The van der Waals surface area contributed by atoms with E-state index in [0.717, 1.165) is 10.1 Å². The van der Waals surface area contributed by atoms with Gasteiger partial charge >= 0.3 is 6.16 Å².